The van der Waals surface area contributed by atoms with Gasteiger partial charge in [0.2, 0.25) is 5.52 Å². The minimum Gasteiger partial charge on any atom is -0.190 e. The number of rotatable bonds is 5. The third-order valence-electron chi connectivity index (χ3n) is 4.59. The van der Waals surface area contributed by atoms with Gasteiger partial charge < -0.3 is 0 Å². The van der Waals surface area contributed by atoms with Gasteiger partial charge in [0.05, 0.1) is 6.42 Å². The Morgan fingerprint density at radius 3 is 2.52 bits per heavy atom. The molecule has 2 heterocycles. The Morgan fingerprint density at radius 1 is 0.852 bits per heavy atom. The Bertz CT molecular complexity index is 1040. The Balaban J connectivity index is 1.99. The third kappa shape index (κ3) is 4.75. The van der Waals surface area contributed by atoms with Crippen LogP contribution in [0.25, 0.3) is 10.9 Å². The maximum atomic E-state index is 3.42. The normalized spacial score (nSPS) is 10.0. The first kappa shape index (κ1) is 18.7. The van der Waals surface area contributed by atoms with E-state index in [2.05, 4.69) is 88.4 Å². The van der Waals surface area contributed by atoms with Crippen LogP contribution in [0, 0.1) is 23.7 Å². The molecule has 1 aromatic carbocycles. The van der Waals surface area contributed by atoms with Crippen LogP contribution >= 0.6 is 0 Å². The molecule has 0 N–H and O–H groups in total. The molecule has 0 atom stereocenters. The number of benzene rings is 1. The Kier molecular flexibility index (Phi) is 6.61. The minimum atomic E-state index is 0.840. The molecule has 0 aliphatic heterocycles. The van der Waals surface area contributed by atoms with Gasteiger partial charge in [0.1, 0.15) is 6.54 Å². The molecule has 0 amide bonds. The van der Waals surface area contributed by atoms with Crippen molar-refractivity contribution >= 4 is 10.9 Å². The molecular weight excluding hydrogens is 328 g/mol. The third-order valence-corrected chi connectivity index (χ3v) is 4.59. The number of aromatic nitrogens is 2. The second-order valence-corrected chi connectivity index (χ2v) is 6.49. The molecule has 27 heavy (non-hydrogen) atoms. The lowest BCUT2D eigenvalue weighted by Gasteiger charge is -2.03. The van der Waals surface area contributed by atoms with Crippen molar-refractivity contribution in [3.63, 3.8) is 0 Å². The highest BCUT2D eigenvalue weighted by Crippen LogP contribution is 2.11. The first-order valence-electron chi connectivity index (χ1n) is 9.65. The quantitative estimate of drug-likeness (QED) is 0.483. The van der Waals surface area contributed by atoms with Crippen LogP contribution < -0.4 is 9.13 Å². The Hall–Kier alpha value is -3.10. The van der Waals surface area contributed by atoms with Crippen molar-refractivity contribution in [3.8, 4) is 23.7 Å². The fraction of sp³-hybridized carbons (Fsp3) is 0.280. The number of para-hydroxylation sites is 1. The molecule has 0 aliphatic carbocycles. The average Bonchev–Trinajstić information content (AvgIpc) is 2.72. The Labute approximate surface area is 162 Å². The van der Waals surface area contributed by atoms with Gasteiger partial charge in [0.25, 0.3) is 11.4 Å². The molecule has 3 aromatic rings. The molecule has 0 unspecified atom stereocenters. The second-order valence-electron chi connectivity index (χ2n) is 6.49. The van der Waals surface area contributed by atoms with E-state index in [9.17, 15) is 0 Å². The number of nitrogens with zero attached hydrogens (tertiary/aromatic N) is 2. The van der Waals surface area contributed by atoms with E-state index in [1.165, 1.54) is 17.3 Å². The molecule has 134 valence electrons. The summed E-state index contributed by atoms with van der Waals surface area (Å²) in [5.74, 6) is 12.9. The minimum absolute atomic E-state index is 0.840. The summed E-state index contributed by atoms with van der Waals surface area (Å²) in [6.07, 6.45) is 5.23. The van der Waals surface area contributed by atoms with Crippen LogP contribution in [0.4, 0.5) is 0 Å². The molecule has 2 aromatic heterocycles. The Morgan fingerprint density at radius 2 is 1.67 bits per heavy atom. The van der Waals surface area contributed by atoms with E-state index >= 15 is 0 Å². The molecule has 0 fully saturated rings. The van der Waals surface area contributed by atoms with E-state index in [0.717, 1.165) is 37.3 Å². The predicted molar refractivity (Wildman–Crippen MR) is 110 cm³/mol. The summed E-state index contributed by atoms with van der Waals surface area (Å²) in [6, 6.07) is 19.0. The van der Waals surface area contributed by atoms with Gasteiger partial charge in [-0.1, -0.05) is 31.4 Å². The maximum absolute atomic E-state index is 3.42. The van der Waals surface area contributed by atoms with Crippen molar-refractivity contribution in [3.05, 3.63) is 72.2 Å². The number of aryl methyl sites for hydroxylation is 2. The van der Waals surface area contributed by atoms with Gasteiger partial charge in [-0.25, -0.2) is 0 Å². The molecule has 0 saturated carbocycles. The second kappa shape index (κ2) is 9.56. The monoisotopic (exact) mass is 354 g/mol. The van der Waals surface area contributed by atoms with Crippen molar-refractivity contribution in [1.82, 2.24) is 0 Å². The molecule has 0 saturated heterocycles. The summed E-state index contributed by atoms with van der Waals surface area (Å²) in [5.41, 5.74) is 3.33. The molecule has 2 heteroatoms. The van der Waals surface area contributed by atoms with Gasteiger partial charge >= 0.3 is 0 Å². The van der Waals surface area contributed by atoms with Crippen molar-refractivity contribution in [1.29, 1.82) is 0 Å². The van der Waals surface area contributed by atoms with Crippen LogP contribution in [-0.4, -0.2) is 0 Å². The summed E-state index contributed by atoms with van der Waals surface area (Å²) >= 11 is 0. The van der Waals surface area contributed by atoms with Gasteiger partial charge in [0.15, 0.2) is 12.7 Å². The summed E-state index contributed by atoms with van der Waals surface area (Å²) in [4.78, 5) is 0. The van der Waals surface area contributed by atoms with E-state index in [1.54, 1.807) is 0 Å². The van der Waals surface area contributed by atoms with Crippen molar-refractivity contribution in [2.45, 2.75) is 46.2 Å². The van der Waals surface area contributed by atoms with Crippen LogP contribution in [0.15, 0.2) is 60.8 Å². The van der Waals surface area contributed by atoms with Gasteiger partial charge in [-0.15, -0.1) is 5.92 Å². The summed E-state index contributed by atoms with van der Waals surface area (Å²) in [7, 11) is 0. The first-order valence-corrected chi connectivity index (χ1v) is 9.65. The van der Waals surface area contributed by atoms with Gasteiger partial charge in [-0.05, 0) is 25.1 Å². The number of hydrogen-bond donors (Lipinski definition) is 0. The first-order chi connectivity index (χ1) is 13.3. The molecule has 0 aliphatic rings. The summed E-state index contributed by atoms with van der Waals surface area (Å²) < 4.78 is 4.52. The smallest absolute Gasteiger partial charge is 0.190 e. The standard InChI is InChI=1S/C25H26N2/c1-3-5-10-19-26-20-11-9-13-23(26)17-18-24-16-15-22-12-7-8-14-25(22)27(24)21-6-4-2/h7-9,11-16,20H,4,6,10,19,21H2,1-2H3/q+2. The summed E-state index contributed by atoms with van der Waals surface area (Å²) in [6.45, 7) is 5.95. The number of hydrogen-bond acceptors (Lipinski definition) is 0. The van der Waals surface area contributed by atoms with E-state index < -0.39 is 0 Å². The lowest BCUT2D eigenvalue weighted by atomic mass is 10.1. The highest BCUT2D eigenvalue weighted by atomic mass is 15.0. The highest BCUT2D eigenvalue weighted by molar-refractivity contribution is 5.75. The molecular formula is C25H26N2+2. The zero-order chi connectivity index (χ0) is 18.9. The van der Waals surface area contributed by atoms with Crippen LogP contribution in [0.3, 0.4) is 0 Å². The zero-order valence-corrected chi connectivity index (χ0v) is 16.2. The lowest BCUT2D eigenvalue weighted by Crippen LogP contribution is -2.38. The fourth-order valence-corrected chi connectivity index (χ4v) is 3.14. The zero-order valence-electron chi connectivity index (χ0n) is 16.2. The van der Waals surface area contributed by atoms with Crippen LogP contribution in [0.1, 0.15) is 44.5 Å². The average molecular weight is 354 g/mol. The molecule has 3 rings (SSSR count). The SMILES string of the molecule is CC#CCC[n+]1ccccc1C#Cc1ccc2ccccc2[n+]1CCCC. The maximum Gasteiger partial charge on any atom is 0.257 e. The topological polar surface area (TPSA) is 7.76 Å². The molecule has 0 radical (unpaired) electrons. The van der Waals surface area contributed by atoms with Crippen molar-refractivity contribution in [2.75, 3.05) is 0 Å². The van der Waals surface area contributed by atoms with E-state index in [0.29, 0.717) is 0 Å². The lowest BCUT2D eigenvalue weighted by molar-refractivity contribution is -0.698. The highest BCUT2D eigenvalue weighted by Gasteiger charge is 2.14. The van der Waals surface area contributed by atoms with Crippen LogP contribution in [0.5, 0.6) is 0 Å². The molecule has 0 bridgehead atoms. The summed E-state index contributed by atoms with van der Waals surface area (Å²) in [5, 5.41) is 1.26. The van der Waals surface area contributed by atoms with Crippen molar-refractivity contribution in [2.24, 2.45) is 0 Å². The van der Waals surface area contributed by atoms with E-state index in [1.807, 2.05) is 19.1 Å². The predicted octanol–water partition coefficient (Wildman–Crippen LogP) is 4.03. The molecule has 0 spiro atoms. The van der Waals surface area contributed by atoms with Gasteiger partial charge in [-0.3, -0.25) is 0 Å². The van der Waals surface area contributed by atoms with E-state index in [-0.39, 0.29) is 0 Å². The van der Waals surface area contributed by atoms with Gasteiger partial charge in [0, 0.05) is 47.9 Å². The fourth-order valence-electron chi connectivity index (χ4n) is 3.14. The number of fused-ring (bicyclic) bond motifs is 1. The molecule has 2 nitrogen and oxygen atoms in total. The van der Waals surface area contributed by atoms with Crippen molar-refractivity contribution < 1.29 is 9.13 Å². The van der Waals surface area contributed by atoms with Crippen LogP contribution in [-0.2, 0) is 13.1 Å². The van der Waals surface area contributed by atoms with Crippen LogP contribution in [0.2, 0.25) is 0 Å². The largest absolute Gasteiger partial charge is 0.257 e. The number of pyridine rings is 2. The number of unbranched alkanes of at least 4 members (excludes halogenated alkanes) is 1. The van der Waals surface area contributed by atoms with E-state index in [4.69, 9.17) is 0 Å². The van der Waals surface area contributed by atoms with Gasteiger partial charge in [-0.2, -0.15) is 9.13 Å².